The van der Waals surface area contributed by atoms with Crippen molar-refractivity contribution in [2.45, 2.75) is 26.1 Å². The van der Waals surface area contributed by atoms with E-state index in [1.807, 2.05) is 66.7 Å². The number of morpholine rings is 1. The van der Waals surface area contributed by atoms with Gasteiger partial charge in [0.1, 0.15) is 5.82 Å². The van der Waals surface area contributed by atoms with E-state index in [2.05, 4.69) is 29.0 Å². The zero-order valence-corrected chi connectivity index (χ0v) is 16.7. The van der Waals surface area contributed by atoms with Gasteiger partial charge in [-0.15, -0.1) is 0 Å². The summed E-state index contributed by atoms with van der Waals surface area (Å²) in [6.45, 7) is 5.77. The molecule has 2 unspecified atom stereocenters. The van der Waals surface area contributed by atoms with Crippen molar-refractivity contribution in [2.75, 3.05) is 23.3 Å². The lowest BCUT2D eigenvalue weighted by Gasteiger charge is -2.36. The Morgan fingerprint density at radius 1 is 0.966 bits per heavy atom. The normalized spacial score (nSPS) is 19.0. The summed E-state index contributed by atoms with van der Waals surface area (Å²) in [6.07, 6.45) is 2.06. The van der Waals surface area contributed by atoms with Crippen molar-refractivity contribution in [2.24, 2.45) is 0 Å². The van der Waals surface area contributed by atoms with Crippen LogP contribution in [0, 0.1) is 0 Å². The molecule has 1 N–H and O–H groups in total. The van der Waals surface area contributed by atoms with Gasteiger partial charge in [0.25, 0.3) is 5.91 Å². The van der Waals surface area contributed by atoms with E-state index in [1.165, 1.54) is 0 Å². The second-order valence-corrected chi connectivity index (χ2v) is 7.47. The highest BCUT2D eigenvalue weighted by Gasteiger charge is 2.23. The molecule has 2 atom stereocenters. The fourth-order valence-electron chi connectivity index (χ4n) is 3.69. The second kappa shape index (κ2) is 8.45. The number of benzene rings is 2. The van der Waals surface area contributed by atoms with Gasteiger partial charge in [-0.25, -0.2) is 4.98 Å². The number of pyridine rings is 1. The first-order valence-corrected chi connectivity index (χ1v) is 9.92. The van der Waals surface area contributed by atoms with Gasteiger partial charge in [0, 0.05) is 18.7 Å². The van der Waals surface area contributed by atoms with Crippen LogP contribution in [0.5, 0.6) is 0 Å². The van der Waals surface area contributed by atoms with E-state index in [0.717, 1.165) is 30.0 Å². The third-order valence-electron chi connectivity index (χ3n) is 4.98. The Balaban J connectivity index is 1.45. The maximum absolute atomic E-state index is 12.7. The minimum atomic E-state index is -0.147. The molecule has 1 aliphatic rings. The lowest BCUT2D eigenvalue weighted by atomic mass is 10.0. The van der Waals surface area contributed by atoms with Crippen LogP contribution in [0.3, 0.4) is 0 Å². The molecule has 29 heavy (non-hydrogen) atoms. The van der Waals surface area contributed by atoms with Gasteiger partial charge in [-0.1, -0.05) is 42.5 Å². The molecular formula is C24H25N3O2. The third kappa shape index (κ3) is 4.63. The molecule has 0 radical (unpaired) electrons. The van der Waals surface area contributed by atoms with Gasteiger partial charge in [0.2, 0.25) is 0 Å². The highest BCUT2D eigenvalue weighted by Crippen LogP contribution is 2.22. The minimum Gasteiger partial charge on any atom is -0.372 e. The van der Waals surface area contributed by atoms with Crippen molar-refractivity contribution in [3.63, 3.8) is 0 Å². The van der Waals surface area contributed by atoms with E-state index in [-0.39, 0.29) is 18.1 Å². The van der Waals surface area contributed by atoms with Crippen LogP contribution in [0.1, 0.15) is 24.2 Å². The number of carbonyl (C=O) groups excluding carboxylic acids is 1. The van der Waals surface area contributed by atoms with E-state index >= 15 is 0 Å². The number of carbonyl (C=O) groups is 1. The molecule has 3 aromatic rings. The molecular weight excluding hydrogens is 362 g/mol. The predicted molar refractivity (Wildman–Crippen MR) is 116 cm³/mol. The van der Waals surface area contributed by atoms with Crippen LogP contribution in [0.4, 0.5) is 11.5 Å². The van der Waals surface area contributed by atoms with Crippen molar-refractivity contribution in [3.8, 4) is 11.1 Å². The highest BCUT2D eigenvalue weighted by atomic mass is 16.5. The molecule has 1 amide bonds. The smallest absolute Gasteiger partial charge is 0.255 e. The Labute approximate surface area is 171 Å². The van der Waals surface area contributed by atoms with Gasteiger partial charge in [-0.05, 0) is 49.2 Å². The lowest BCUT2D eigenvalue weighted by molar-refractivity contribution is -0.00545. The van der Waals surface area contributed by atoms with Crippen LogP contribution in [0.15, 0.2) is 72.9 Å². The first-order chi connectivity index (χ1) is 14.1. The fourth-order valence-corrected chi connectivity index (χ4v) is 3.69. The van der Waals surface area contributed by atoms with Gasteiger partial charge >= 0.3 is 0 Å². The number of aromatic nitrogens is 1. The van der Waals surface area contributed by atoms with Crippen molar-refractivity contribution in [3.05, 3.63) is 78.5 Å². The van der Waals surface area contributed by atoms with E-state index in [1.54, 1.807) is 6.20 Å². The number of amides is 1. The summed E-state index contributed by atoms with van der Waals surface area (Å²) >= 11 is 0. The van der Waals surface area contributed by atoms with E-state index in [0.29, 0.717) is 11.3 Å². The summed E-state index contributed by atoms with van der Waals surface area (Å²) in [4.78, 5) is 19.5. The summed E-state index contributed by atoms with van der Waals surface area (Å²) in [5, 5.41) is 2.94. The van der Waals surface area contributed by atoms with Crippen LogP contribution in [-0.2, 0) is 4.74 Å². The Morgan fingerprint density at radius 3 is 2.38 bits per heavy atom. The van der Waals surface area contributed by atoms with E-state index in [9.17, 15) is 4.79 Å². The standard InChI is InChI=1S/C24H25N3O2/c1-17-15-27(16-18(2)29-17)23-12-11-22(14-25-23)26-24(28)21-10-6-9-20(13-21)19-7-4-3-5-8-19/h3-14,17-18H,15-16H2,1-2H3,(H,26,28). The fraction of sp³-hybridized carbons (Fsp3) is 0.250. The van der Waals surface area contributed by atoms with Crippen LogP contribution in [-0.4, -0.2) is 36.2 Å². The summed E-state index contributed by atoms with van der Waals surface area (Å²) < 4.78 is 5.78. The largest absolute Gasteiger partial charge is 0.372 e. The average Bonchev–Trinajstić information content (AvgIpc) is 2.74. The van der Waals surface area contributed by atoms with Crippen LogP contribution in [0.2, 0.25) is 0 Å². The SMILES string of the molecule is CC1CN(c2ccc(NC(=O)c3cccc(-c4ccccc4)c3)cn2)CC(C)O1. The van der Waals surface area contributed by atoms with E-state index in [4.69, 9.17) is 4.74 Å². The summed E-state index contributed by atoms with van der Waals surface area (Å²) in [5.41, 5.74) is 3.40. The molecule has 5 nitrogen and oxygen atoms in total. The number of nitrogens with one attached hydrogen (secondary N) is 1. The second-order valence-electron chi connectivity index (χ2n) is 7.47. The number of rotatable bonds is 4. The molecule has 1 aromatic heterocycles. The molecule has 1 saturated heterocycles. The number of ether oxygens (including phenoxy) is 1. The zero-order valence-electron chi connectivity index (χ0n) is 16.7. The molecule has 148 valence electrons. The minimum absolute atomic E-state index is 0.147. The molecule has 0 aliphatic carbocycles. The van der Waals surface area contributed by atoms with Crippen LogP contribution < -0.4 is 10.2 Å². The molecule has 1 fully saturated rings. The molecule has 0 spiro atoms. The summed E-state index contributed by atoms with van der Waals surface area (Å²) in [7, 11) is 0. The lowest BCUT2D eigenvalue weighted by Crippen LogP contribution is -2.45. The topological polar surface area (TPSA) is 54.5 Å². The Hall–Kier alpha value is -3.18. The number of hydrogen-bond acceptors (Lipinski definition) is 4. The number of nitrogens with zero attached hydrogens (tertiary/aromatic N) is 2. The quantitative estimate of drug-likeness (QED) is 0.710. The monoisotopic (exact) mass is 387 g/mol. The molecule has 1 aliphatic heterocycles. The van der Waals surface area contributed by atoms with Gasteiger partial charge in [-0.3, -0.25) is 4.79 Å². The first kappa shape index (κ1) is 19.2. The van der Waals surface area contributed by atoms with Crippen LogP contribution >= 0.6 is 0 Å². The number of anilines is 2. The first-order valence-electron chi connectivity index (χ1n) is 9.92. The van der Waals surface area contributed by atoms with Crippen molar-refractivity contribution in [1.29, 1.82) is 0 Å². The van der Waals surface area contributed by atoms with Crippen LogP contribution in [0.25, 0.3) is 11.1 Å². The number of hydrogen-bond donors (Lipinski definition) is 1. The molecule has 2 heterocycles. The molecule has 5 heteroatoms. The molecule has 4 rings (SSSR count). The van der Waals surface area contributed by atoms with Gasteiger partial charge < -0.3 is 15.0 Å². The Kier molecular flexibility index (Phi) is 5.58. The third-order valence-corrected chi connectivity index (χ3v) is 4.98. The average molecular weight is 387 g/mol. The molecule has 2 aromatic carbocycles. The summed E-state index contributed by atoms with van der Waals surface area (Å²) in [6, 6.07) is 21.5. The van der Waals surface area contributed by atoms with Gasteiger partial charge in [-0.2, -0.15) is 0 Å². The molecule has 0 saturated carbocycles. The molecule has 0 bridgehead atoms. The Morgan fingerprint density at radius 2 is 1.69 bits per heavy atom. The highest BCUT2D eigenvalue weighted by molar-refractivity contribution is 6.04. The van der Waals surface area contributed by atoms with Crippen molar-refractivity contribution >= 4 is 17.4 Å². The van der Waals surface area contributed by atoms with Gasteiger partial charge in [0.15, 0.2) is 0 Å². The van der Waals surface area contributed by atoms with Crippen molar-refractivity contribution in [1.82, 2.24) is 4.98 Å². The van der Waals surface area contributed by atoms with Gasteiger partial charge in [0.05, 0.1) is 24.1 Å². The zero-order chi connectivity index (χ0) is 20.2. The van der Waals surface area contributed by atoms with E-state index < -0.39 is 0 Å². The van der Waals surface area contributed by atoms with Crippen molar-refractivity contribution < 1.29 is 9.53 Å². The Bertz CT molecular complexity index is 963. The maximum atomic E-state index is 12.7. The maximum Gasteiger partial charge on any atom is 0.255 e. The summed E-state index contributed by atoms with van der Waals surface area (Å²) in [5.74, 6) is 0.752. The predicted octanol–water partition coefficient (Wildman–Crippen LogP) is 4.61.